The Labute approximate surface area is 182 Å². The van der Waals surface area contributed by atoms with Crippen LogP contribution in [0.5, 0.6) is 5.75 Å². The number of aromatic nitrogens is 1. The standard InChI is InChI=1S/C25H29N3O3/c29-23-20-9-5-4-8-18(20)10-11-21(23)24(30)27-19-14-22(25-26-12-13-31-25)28(16-19)15-17-6-2-1-3-7-17/h4-5,8-13,17,19,22,29H,1-3,6-7,14-16H2,(H,27,30)/t19-,22-/m0/s1. The minimum absolute atomic E-state index is 0.0149. The van der Waals surface area contributed by atoms with Gasteiger partial charge in [0.1, 0.15) is 12.0 Å². The van der Waals surface area contributed by atoms with Gasteiger partial charge in [0.05, 0.1) is 17.8 Å². The minimum atomic E-state index is -0.237. The zero-order valence-electron chi connectivity index (χ0n) is 17.7. The Bertz CT molecular complexity index is 1040. The number of nitrogens with one attached hydrogen (secondary N) is 1. The quantitative estimate of drug-likeness (QED) is 0.629. The molecule has 6 nitrogen and oxygen atoms in total. The molecule has 0 bridgehead atoms. The van der Waals surface area contributed by atoms with Crippen molar-refractivity contribution >= 4 is 16.7 Å². The highest BCUT2D eigenvalue weighted by molar-refractivity contribution is 6.03. The Kier molecular flexibility index (Phi) is 5.64. The number of carbonyl (C=O) groups excluding carboxylic acids is 1. The average molecular weight is 420 g/mol. The zero-order chi connectivity index (χ0) is 21.2. The van der Waals surface area contributed by atoms with Crippen LogP contribution in [0.1, 0.15) is 60.8 Å². The van der Waals surface area contributed by atoms with E-state index in [1.54, 1.807) is 18.5 Å². The molecular formula is C25H29N3O3. The maximum atomic E-state index is 13.0. The molecule has 0 radical (unpaired) electrons. The molecule has 2 aromatic carbocycles. The number of carbonyl (C=O) groups is 1. The molecule has 3 aromatic rings. The van der Waals surface area contributed by atoms with Gasteiger partial charge in [0.15, 0.2) is 0 Å². The molecule has 5 rings (SSSR count). The molecule has 0 spiro atoms. The van der Waals surface area contributed by atoms with Gasteiger partial charge in [-0.25, -0.2) is 4.98 Å². The first-order chi connectivity index (χ1) is 15.2. The number of oxazole rings is 1. The summed E-state index contributed by atoms with van der Waals surface area (Å²) in [6.45, 7) is 1.78. The molecule has 1 amide bonds. The molecule has 2 aliphatic rings. The molecule has 1 aliphatic heterocycles. The van der Waals surface area contributed by atoms with Crippen LogP contribution in [0.4, 0.5) is 0 Å². The van der Waals surface area contributed by atoms with Crippen LogP contribution in [-0.4, -0.2) is 40.0 Å². The summed E-state index contributed by atoms with van der Waals surface area (Å²) in [5.74, 6) is 1.22. The Morgan fingerprint density at radius 2 is 2.00 bits per heavy atom. The first kappa shape index (κ1) is 20.1. The summed E-state index contributed by atoms with van der Waals surface area (Å²) in [5, 5.41) is 15.4. The predicted octanol–water partition coefficient (Wildman–Crippen LogP) is 4.66. The van der Waals surface area contributed by atoms with E-state index in [-0.39, 0.29) is 23.7 Å². The number of benzene rings is 2. The third-order valence-corrected chi connectivity index (χ3v) is 6.84. The summed E-state index contributed by atoms with van der Waals surface area (Å²) in [6.07, 6.45) is 10.6. The number of amides is 1. The SMILES string of the molecule is O=C(N[C@H]1C[C@@H](c2ncco2)N(CC2CCCCC2)C1)c1ccc2ccccc2c1O. The fourth-order valence-electron chi connectivity index (χ4n) is 5.27. The van der Waals surface area contributed by atoms with Crippen LogP contribution < -0.4 is 5.32 Å². The Morgan fingerprint density at radius 1 is 1.16 bits per heavy atom. The lowest BCUT2D eigenvalue weighted by Crippen LogP contribution is -2.38. The number of likely N-dealkylation sites (tertiary alicyclic amines) is 1. The molecular weight excluding hydrogens is 390 g/mol. The van der Waals surface area contributed by atoms with Crippen molar-refractivity contribution in [3.63, 3.8) is 0 Å². The van der Waals surface area contributed by atoms with Crippen molar-refractivity contribution < 1.29 is 14.3 Å². The van der Waals surface area contributed by atoms with E-state index in [1.165, 1.54) is 32.1 Å². The van der Waals surface area contributed by atoms with Crippen molar-refractivity contribution in [3.05, 3.63) is 60.3 Å². The number of phenolic OH excluding ortho intramolecular Hbond substituents is 1. The van der Waals surface area contributed by atoms with Gasteiger partial charge in [-0.05, 0) is 36.6 Å². The van der Waals surface area contributed by atoms with Crippen LogP contribution in [0.25, 0.3) is 10.8 Å². The van der Waals surface area contributed by atoms with Gasteiger partial charge in [0.2, 0.25) is 5.89 Å². The summed E-state index contributed by atoms with van der Waals surface area (Å²) in [7, 11) is 0. The predicted molar refractivity (Wildman–Crippen MR) is 119 cm³/mol. The smallest absolute Gasteiger partial charge is 0.255 e. The van der Waals surface area contributed by atoms with Gasteiger partial charge in [0, 0.05) is 24.5 Å². The molecule has 2 heterocycles. The number of fused-ring (bicyclic) bond motifs is 1. The minimum Gasteiger partial charge on any atom is -0.506 e. The monoisotopic (exact) mass is 419 g/mol. The van der Waals surface area contributed by atoms with E-state index in [0.717, 1.165) is 30.8 Å². The number of rotatable bonds is 5. The third-order valence-electron chi connectivity index (χ3n) is 6.84. The fraction of sp³-hybridized carbons (Fsp3) is 0.440. The second-order valence-electron chi connectivity index (χ2n) is 8.93. The number of hydrogen-bond acceptors (Lipinski definition) is 5. The van der Waals surface area contributed by atoms with Crippen LogP contribution in [0.3, 0.4) is 0 Å². The van der Waals surface area contributed by atoms with Gasteiger partial charge >= 0.3 is 0 Å². The van der Waals surface area contributed by atoms with Gasteiger partial charge in [-0.1, -0.05) is 49.6 Å². The van der Waals surface area contributed by atoms with Gasteiger partial charge in [0.25, 0.3) is 5.91 Å². The first-order valence-corrected chi connectivity index (χ1v) is 11.3. The van der Waals surface area contributed by atoms with E-state index < -0.39 is 0 Å². The molecule has 0 unspecified atom stereocenters. The molecule has 1 aliphatic carbocycles. The Morgan fingerprint density at radius 3 is 2.81 bits per heavy atom. The number of aromatic hydroxyl groups is 1. The number of hydrogen-bond donors (Lipinski definition) is 2. The summed E-state index contributed by atoms with van der Waals surface area (Å²) in [4.78, 5) is 19.9. The highest BCUT2D eigenvalue weighted by Crippen LogP contribution is 2.35. The maximum absolute atomic E-state index is 13.0. The van der Waals surface area contributed by atoms with E-state index in [0.29, 0.717) is 16.9 Å². The van der Waals surface area contributed by atoms with Crippen LogP contribution in [-0.2, 0) is 0 Å². The van der Waals surface area contributed by atoms with E-state index in [4.69, 9.17) is 4.42 Å². The lowest BCUT2D eigenvalue weighted by atomic mass is 9.89. The van der Waals surface area contributed by atoms with Crippen molar-refractivity contribution in [2.24, 2.45) is 5.92 Å². The molecule has 1 saturated carbocycles. The van der Waals surface area contributed by atoms with Crippen molar-refractivity contribution in [1.82, 2.24) is 15.2 Å². The normalized spacial score (nSPS) is 22.7. The summed E-state index contributed by atoms with van der Waals surface area (Å²) in [5.41, 5.74) is 0.317. The summed E-state index contributed by atoms with van der Waals surface area (Å²) >= 11 is 0. The van der Waals surface area contributed by atoms with Gasteiger partial charge in [-0.2, -0.15) is 0 Å². The van der Waals surface area contributed by atoms with Crippen molar-refractivity contribution in [2.75, 3.05) is 13.1 Å². The molecule has 2 N–H and O–H groups in total. The topological polar surface area (TPSA) is 78.6 Å². The molecule has 1 aromatic heterocycles. The highest BCUT2D eigenvalue weighted by atomic mass is 16.3. The van der Waals surface area contributed by atoms with Crippen molar-refractivity contribution in [3.8, 4) is 5.75 Å². The van der Waals surface area contributed by atoms with Crippen LogP contribution >= 0.6 is 0 Å². The fourth-order valence-corrected chi connectivity index (χ4v) is 5.27. The molecule has 2 atom stereocenters. The number of nitrogens with zero attached hydrogens (tertiary/aromatic N) is 2. The summed E-state index contributed by atoms with van der Waals surface area (Å²) in [6, 6.07) is 11.2. The maximum Gasteiger partial charge on any atom is 0.255 e. The van der Waals surface area contributed by atoms with Crippen LogP contribution in [0, 0.1) is 5.92 Å². The van der Waals surface area contributed by atoms with E-state index in [9.17, 15) is 9.90 Å². The van der Waals surface area contributed by atoms with E-state index in [1.807, 2.05) is 30.3 Å². The van der Waals surface area contributed by atoms with E-state index in [2.05, 4.69) is 15.2 Å². The lowest BCUT2D eigenvalue weighted by Gasteiger charge is -2.29. The van der Waals surface area contributed by atoms with Crippen molar-refractivity contribution in [1.29, 1.82) is 0 Å². The second-order valence-corrected chi connectivity index (χ2v) is 8.93. The van der Waals surface area contributed by atoms with Crippen LogP contribution in [0.15, 0.2) is 53.3 Å². The van der Waals surface area contributed by atoms with Gasteiger partial charge in [-0.15, -0.1) is 0 Å². The molecule has 31 heavy (non-hydrogen) atoms. The second kappa shape index (κ2) is 8.71. The largest absolute Gasteiger partial charge is 0.506 e. The third kappa shape index (κ3) is 4.17. The van der Waals surface area contributed by atoms with Crippen molar-refractivity contribution in [2.45, 2.75) is 50.6 Å². The Hall–Kier alpha value is -2.86. The molecule has 162 valence electrons. The van der Waals surface area contributed by atoms with Crippen LogP contribution in [0.2, 0.25) is 0 Å². The molecule has 6 heteroatoms. The van der Waals surface area contributed by atoms with Gasteiger partial charge < -0.3 is 14.8 Å². The summed E-state index contributed by atoms with van der Waals surface area (Å²) < 4.78 is 5.64. The lowest BCUT2D eigenvalue weighted by molar-refractivity contribution is 0.0934. The first-order valence-electron chi connectivity index (χ1n) is 11.3. The molecule has 1 saturated heterocycles. The zero-order valence-corrected chi connectivity index (χ0v) is 17.7. The average Bonchev–Trinajstić information content (AvgIpc) is 3.45. The van der Waals surface area contributed by atoms with Gasteiger partial charge in [-0.3, -0.25) is 9.69 Å². The molecule has 2 fully saturated rings. The highest BCUT2D eigenvalue weighted by Gasteiger charge is 2.37. The number of phenols is 1. The van der Waals surface area contributed by atoms with E-state index >= 15 is 0 Å². The Balaban J connectivity index is 1.32.